The lowest BCUT2D eigenvalue weighted by molar-refractivity contribution is -0.383. The zero-order valence-corrected chi connectivity index (χ0v) is 14.0. The highest BCUT2D eigenvalue weighted by Crippen LogP contribution is 2.32. The summed E-state index contributed by atoms with van der Waals surface area (Å²) >= 11 is 0. The van der Waals surface area contributed by atoms with E-state index in [1.165, 1.54) is 12.3 Å². The van der Waals surface area contributed by atoms with Gasteiger partial charge in [0.05, 0.1) is 22.2 Å². The summed E-state index contributed by atoms with van der Waals surface area (Å²) in [6, 6.07) is 4.39. The third-order valence-electron chi connectivity index (χ3n) is 4.53. The minimum atomic E-state index is -0.432. The first kappa shape index (κ1) is 16.0. The van der Waals surface area contributed by atoms with Gasteiger partial charge >= 0.3 is 0 Å². The molecular weight excluding hydrogens is 336 g/mol. The highest BCUT2D eigenvalue weighted by molar-refractivity contribution is 6.04. The van der Waals surface area contributed by atoms with Gasteiger partial charge in [-0.2, -0.15) is 5.10 Å². The second-order valence-corrected chi connectivity index (χ2v) is 6.16. The molecule has 3 heterocycles. The third kappa shape index (κ3) is 2.63. The van der Waals surface area contributed by atoms with Gasteiger partial charge in [0.25, 0.3) is 5.69 Å². The van der Waals surface area contributed by atoms with E-state index in [0.717, 1.165) is 5.69 Å². The summed E-state index contributed by atoms with van der Waals surface area (Å²) in [5.41, 5.74) is 1.44. The van der Waals surface area contributed by atoms with Crippen molar-refractivity contribution < 1.29 is 9.72 Å². The fraction of sp³-hybridized carbons (Fsp3) is 0.235. The van der Waals surface area contributed by atoms with Crippen LogP contribution in [0.4, 0.5) is 17.1 Å². The number of anilines is 2. The quantitative estimate of drug-likeness (QED) is 0.569. The Hall–Kier alpha value is -3.49. The minimum absolute atomic E-state index is 0.00613. The molecule has 1 aliphatic rings. The van der Waals surface area contributed by atoms with Crippen LogP contribution in [-0.2, 0) is 11.8 Å². The molecule has 1 fully saturated rings. The first-order chi connectivity index (χ1) is 12.5. The van der Waals surface area contributed by atoms with Crippen molar-refractivity contribution >= 4 is 33.7 Å². The molecule has 9 heteroatoms. The van der Waals surface area contributed by atoms with Crippen LogP contribution in [0.15, 0.2) is 43.0 Å². The van der Waals surface area contributed by atoms with E-state index < -0.39 is 11.0 Å². The molecule has 1 unspecified atom stereocenters. The molecule has 4 rings (SSSR count). The van der Waals surface area contributed by atoms with Gasteiger partial charge < -0.3 is 10.2 Å². The lowest BCUT2D eigenvalue weighted by atomic mass is 10.1. The molecule has 2 aromatic heterocycles. The van der Waals surface area contributed by atoms with Crippen molar-refractivity contribution in [3.05, 3.63) is 53.1 Å². The molecule has 1 saturated heterocycles. The molecule has 0 saturated carbocycles. The fourth-order valence-corrected chi connectivity index (χ4v) is 3.27. The topological polar surface area (TPSA) is 106 Å². The molecule has 1 atom stereocenters. The van der Waals surface area contributed by atoms with Gasteiger partial charge in [-0.05, 0) is 18.6 Å². The summed E-state index contributed by atoms with van der Waals surface area (Å²) in [6.45, 7) is 0.592. The molecule has 1 N–H and O–H groups in total. The van der Waals surface area contributed by atoms with Crippen molar-refractivity contribution in [3.63, 3.8) is 0 Å². The molecule has 3 aromatic rings. The van der Waals surface area contributed by atoms with Gasteiger partial charge in [-0.3, -0.25) is 24.6 Å². The smallest absolute Gasteiger partial charge is 0.278 e. The van der Waals surface area contributed by atoms with E-state index in [2.05, 4.69) is 15.4 Å². The van der Waals surface area contributed by atoms with Crippen molar-refractivity contribution in [1.82, 2.24) is 14.8 Å². The normalized spacial score (nSPS) is 17.0. The van der Waals surface area contributed by atoms with Gasteiger partial charge in [0.1, 0.15) is 6.04 Å². The molecule has 1 amide bonds. The highest BCUT2D eigenvalue weighted by Gasteiger charge is 2.33. The maximum absolute atomic E-state index is 12.7. The average molecular weight is 352 g/mol. The SMILES string of the molecule is Cn1cc(N2CCC(Nc3ccc([N+](=O)[O-])c4cnccc34)C2=O)cn1. The summed E-state index contributed by atoms with van der Waals surface area (Å²) < 4.78 is 1.65. The van der Waals surface area contributed by atoms with Crippen LogP contribution in [-0.4, -0.2) is 38.2 Å². The van der Waals surface area contributed by atoms with Gasteiger partial charge in [0.15, 0.2) is 0 Å². The Bertz CT molecular complexity index is 1010. The number of rotatable bonds is 4. The van der Waals surface area contributed by atoms with Gasteiger partial charge in [-0.15, -0.1) is 0 Å². The Labute approximate surface area is 148 Å². The fourth-order valence-electron chi connectivity index (χ4n) is 3.27. The number of nitro benzene ring substituents is 1. The molecule has 132 valence electrons. The summed E-state index contributed by atoms with van der Waals surface area (Å²) in [5, 5.41) is 19.7. The number of aryl methyl sites for hydroxylation is 1. The number of carbonyl (C=O) groups is 1. The number of benzene rings is 1. The second kappa shape index (κ2) is 6.10. The number of pyridine rings is 1. The maximum Gasteiger partial charge on any atom is 0.278 e. The summed E-state index contributed by atoms with van der Waals surface area (Å²) in [6.07, 6.45) is 7.14. The van der Waals surface area contributed by atoms with Crippen molar-refractivity contribution in [2.75, 3.05) is 16.8 Å². The zero-order valence-electron chi connectivity index (χ0n) is 14.0. The average Bonchev–Trinajstić information content (AvgIpc) is 3.21. The van der Waals surface area contributed by atoms with E-state index in [4.69, 9.17) is 0 Å². The predicted molar refractivity (Wildman–Crippen MR) is 96.0 cm³/mol. The lowest BCUT2D eigenvalue weighted by Gasteiger charge is -2.17. The van der Waals surface area contributed by atoms with Gasteiger partial charge in [0, 0.05) is 49.3 Å². The first-order valence-corrected chi connectivity index (χ1v) is 8.12. The number of fused-ring (bicyclic) bond motifs is 1. The van der Waals surface area contributed by atoms with Crippen LogP contribution in [0, 0.1) is 10.1 Å². The lowest BCUT2D eigenvalue weighted by Crippen LogP contribution is -2.33. The number of nitro groups is 1. The minimum Gasteiger partial charge on any atom is -0.373 e. The van der Waals surface area contributed by atoms with Crippen molar-refractivity contribution in [3.8, 4) is 0 Å². The largest absolute Gasteiger partial charge is 0.373 e. The standard InChI is InChI=1S/C17H16N6O3/c1-21-10-11(8-19-21)22-7-5-15(17(22)24)20-14-2-3-16(23(25)26)13-9-18-6-4-12(13)14/h2-4,6,8-10,15,20H,5,7H2,1H3. The Morgan fingerprint density at radius 3 is 2.85 bits per heavy atom. The molecule has 9 nitrogen and oxygen atoms in total. The predicted octanol–water partition coefficient (Wildman–Crippen LogP) is 2.09. The van der Waals surface area contributed by atoms with Crippen LogP contribution in [0.25, 0.3) is 10.8 Å². The van der Waals surface area contributed by atoms with Crippen LogP contribution >= 0.6 is 0 Å². The zero-order chi connectivity index (χ0) is 18.3. The monoisotopic (exact) mass is 352 g/mol. The van der Waals surface area contributed by atoms with E-state index in [1.807, 2.05) is 0 Å². The number of nitrogens with one attached hydrogen (secondary N) is 1. The van der Waals surface area contributed by atoms with Gasteiger partial charge in [-0.25, -0.2) is 0 Å². The molecule has 0 radical (unpaired) electrons. The van der Waals surface area contributed by atoms with E-state index in [0.29, 0.717) is 29.4 Å². The molecule has 1 aromatic carbocycles. The van der Waals surface area contributed by atoms with Crippen LogP contribution in [0.3, 0.4) is 0 Å². The number of carbonyl (C=O) groups excluding carboxylic acids is 1. The molecule has 0 spiro atoms. The number of aromatic nitrogens is 3. The molecule has 0 aliphatic carbocycles. The Kier molecular flexibility index (Phi) is 3.76. The molecule has 26 heavy (non-hydrogen) atoms. The maximum atomic E-state index is 12.7. The summed E-state index contributed by atoms with van der Waals surface area (Å²) in [5.74, 6) is -0.0430. The number of non-ortho nitro benzene ring substituents is 1. The highest BCUT2D eigenvalue weighted by atomic mass is 16.6. The van der Waals surface area contributed by atoms with Crippen LogP contribution in [0.2, 0.25) is 0 Å². The van der Waals surface area contributed by atoms with Crippen LogP contribution < -0.4 is 10.2 Å². The summed E-state index contributed by atoms with van der Waals surface area (Å²) in [7, 11) is 1.80. The van der Waals surface area contributed by atoms with Crippen LogP contribution in [0.5, 0.6) is 0 Å². The Balaban J connectivity index is 1.63. The number of hydrogen-bond donors (Lipinski definition) is 1. The van der Waals surface area contributed by atoms with E-state index in [-0.39, 0.29) is 11.6 Å². The second-order valence-electron chi connectivity index (χ2n) is 6.16. The van der Waals surface area contributed by atoms with Crippen LogP contribution in [0.1, 0.15) is 6.42 Å². The van der Waals surface area contributed by atoms with Crippen molar-refractivity contribution in [2.24, 2.45) is 7.05 Å². The molecule has 0 bridgehead atoms. The summed E-state index contributed by atoms with van der Waals surface area (Å²) in [4.78, 5) is 29.2. The first-order valence-electron chi connectivity index (χ1n) is 8.12. The third-order valence-corrected chi connectivity index (χ3v) is 4.53. The Morgan fingerprint density at radius 1 is 1.27 bits per heavy atom. The van der Waals surface area contributed by atoms with E-state index >= 15 is 0 Å². The molecule has 1 aliphatic heterocycles. The van der Waals surface area contributed by atoms with E-state index in [9.17, 15) is 14.9 Å². The molecular formula is C17H16N6O3. The van der Waals surface area contributed by atoms with Gasteiger partial charge in [0.2, 0.25) is 5.91 Å². The van der Waals surface area contributed by atoms with Gasteiger partial charge in [-0.1, -0.05) is 0 Å². The van der Waals surface area contributed by atoms with Crippen molar-refractivity contribution in [1.29, 1.82) is 0 Å². The number of amides is 1. The van der Waals surface area contributed by atoms with Crippen molar-refractivity contribution in [2.45, 2.75) is 12.5 Å². The number of nitrogens with zero attached hydrogens (tertiary/aromatic N) is 5. The number of hydrogen-bond acceptors (Lipinski definition) is 6. The van der Waals surface area contributed by atoms with E-state index in [1.54, 1.807) is 47.4 Å². The Morgan fingerprint density at radius 2 is 2.12 bits per heavy atom.